The smallest absolute Gasteiger partial charge is 0.149 e. The molecule has 8 heteroatoms. The number of fused-ring (bicyclic) bond motifs is 1. The lowest BCUT2D eigenvalue weighted by molar-refractivity contribution is 0.586. The first kappa shape index (κ1) is 15.1. The number of aryl methyl sites for hydroxylation is 2. The largest absolute Gasteiger partial charge is 0.327 e. The van der Waals surface area contributed by atoms with E-state index in [1.165, 1.54) is 6.26 Å². The van der Waals surface area contributed by atoms with Gasteiger partial charge in [0, 0.05) is 24.5 Å². The fourth-order valence-corrected chi connectivity index (χ4v) is 2.97. The van der Waals surface area contributed by atoms with Crippen LogP contribution in [0.15, 0.2) is 30.6 Å². The molecule has 0 radical (unpaired) electrons. The van der Waals surface area contributed by atoms with Crippen LogP contribution in [0.2, 0.25) is 5.02 Å². The fourth-order valence-electron chi connectivity index (χ4n) is 2.28. The van der Waals surface area contributed by atoms with Crippen LogP contribution in [0.1, 0.15) is 0 Å². The van der Waals surface area contributed by atoms with Crippen LogP contribution in [0.3, 0.4) is 0 Å². The van der Waals surface area contributed by atoms with Gasteiger partial charge in [-0.15, -0.1) is 0 Å². The molecule has 0 unspecified atom stereocenters. The van der Waals surface area contributed by atoms with Crippen LogP contribution in [-0.2, 0) is 23.4 Å². The van der Waals surface area contributed by atoms with Crippen LogP contribution < -0.4 is 0 Å². The lowest BCUT2D eigenvalue weighted by Gasteiger charge is -2.00. The van der Waals surface area contributed by atoms with Gasteiger partial charge >= 0.3 is 0 Å². The third-order valence-corrected chi connectivity index (χ3v) is 4.58. The van der Waals surface area contributed by atoms with Gasteiger partial charge in [0.25, 0.3) is 0 Å². The molecule has 3 rings (SSSR count). The molecule has 0 atom stereocenters. The molecule has 0 fully saturated rings. The van der Waals surface area contributed by atoms with Crippen molar-refractivity contribution in [2.75, 3.05) is 12.0 Å². The second-order valence-electron chi connectivity index (χ2n) is 5.25. The number of aromatic nitrogens is 4. The van der Waals surface area contributed by atoms with Crippen molar-refractivity contribution in [1.82, 2.24) is 19.3 Å². The van der Waals surface area contributed by atoms with E-state index in [4.69, 9.17) is 11.6 Å². The Balaban J connectivity index is 1.95. The standard InChI is InChI=1S/C14H15ClN4O2S/c1-18-13-7-11(15)3-4-12(13)17-14(18)10-8-16-19(9-10)5-6-22(2,20)21/h3-4,7-9H,5-6H2,1-2H3. The summed E-state index contributed by atoms with van der Waals surface area (Å²) in [5, 5.41) is 4.86. The average molecular weight is 339 g/mol. The third-order valence-electron chi connectivity index (χ3n) is 3.43. The maximum Gasteiger partial charge on any atom is 0.149 e. The van der Waals surface area contributed by atoms with Gasteiger partial charge in [-0.1, -0.05) is 11.6 Å². The quantitative estimate of drug-likeness (QED) is 0.730. The summed E-state index contributed by atoms with van der Waals surface area (Å²) in [6.07, 6.45) is 4.70. The first-order valence-electron chi connectivity index (χ1n) is 6.66. The van der Waals surface area contributed by atoms with Crippen molar-refractivity contribution < 1.29 is 8.42 Å². The van der Waals surface area contributed by atoms with Gasteiger partial charge in [0.15, 0.2) is 0 Å². The van der Waals surface area contributed by atoms with E-state index in [1.807, 2.05) is 23.7 Å². The number of benzene rings is 1. The zero-order chi connectivity index (χ0) is 15.9. The van der Waals surface area contributed by atoms with Gasteiger partial charge in [0.1, 0.15) is 15.7 Å². The summed E-state index contributed by atoms with van der Waals surface area (Å²) in [7, 11) is -1.10. The highest BCUT2D eigenvalue weighted by Crippen LogP contribution is 2.25. The molecule has 0 N–H and O–H groups in total. The number of imidazole rings is 1. The Morgan fingerprint density at radius 3 is 2.82 bits per heavy atom. The van der Waals surface area contributed by atoms with Gasteiger partial charge in [-0.25, -0.2) is 13.4 Å². The molecular formula is C14H15ClN4O2S. The molecule has 0 amide bonds. The normalized spacial score (nSPS) is 12.1. The number of hydrogen-bond donors (Lipinski definition) is 0. The number of sulfone groups is 1. The Kier molecular flexibility index (Phi) is 3.70. The molecule has 1 aromatic carbocycles. The molecule has 0 bridgehead atoms. The van der Waals surface area contributed by atoms with E-state index >= 15 is 0 Å². The van der Waals surface area contributed by atoms with Crippen molar-refractivity contribution in [3.63, 3.8) is 0 Å². The molecule has 2 aromatic heterocycles. The number of halogens is 1. The SMILES string of the molecule is Cn1c(-c2cnn(CCS(C)(=O)=O)c2)nc2ccc(Cl)cc21. The molecule has 6 nitrogen and oxygen atoms in total. The topological polar surface area (TPSA) is 69.8 Å². The first-order valence-corrected chi connectivity index (χ1v) is 9.10. The Hall–Kier alpha value is -1.86. The summed E-state index contributed by atoms with van der Waals surface area (Å²) in [6, 6.07) is 5.53. The van der Waals surface area contributed by atoms with Gasteiger partial charge < -0.3 is 4.57 Å². The van der Waals surface area contributed by atoms with E-state index < -0.39 is 9.84 Å². The second kappa shape index (κ2) is 5.40. The van der Waals surface area contributed by atoms with Crippen molar-refractivity contribution in [2.24, 2.45) is 7.05 Å². The van der Waals surface area contributed by atoms with Crippen molar-refractivity contribution in [3.8, 4) is 11.4 Å². The number of nitrogens with zero attached hydrogens (tertiary/aromatic N) is 4. The van der Waals surface area contributed by atoms with Crippen molar-refractivity contribution in [3.05, 3.63) is 35.6 Å². The molecular weight excluding hydrogens is 324 g/mol. The van der Waals surface area contributed by atoms with Gasteiger partial charge in [0.05, 0.1) is 35.1 Å². The Morgan fingerprint density at radius 2 is 2.09 bits per heavy atom. The predicted molar refractivity (Wildman–Crippen MR) is 86.7 cm³/mol. The van der Waals surface area contributed by atoms with Crippen molar-refractivity contribution in [2.45, 2.75) is 6.54 Å². The maximum absolute atomic E-state index is 11.2. The van der Waals surface area contributed by atoms with E-state index in [2.05, 4.69) is 10.1 Å². The van der Waals surface area contributed by atoms with Gasteiger partial charge in [0.2, 0.25) is 0 Å². The molecule has 3 aromatic rings. The number of hydrogen-bond acceptors (Lipinski definition) is 4. The summed E-state index contributed by atoms with van der Waals surface area (Å²) >= 11 is 6.02. The van der Waals surface area contributed by atoms with Crippen LogP contribution in [0.4, 0.5) is 0 Å². The van der Waals surface area contributed by atoms with Crippen molar-refractivity contribution in [1.29, 1.82) is 0 Å². The Bertz CT molecular complexity index is 943. The van der Waals surface area contributed by atoms with Crippen LogP contribution in [-0.4, -0.2) is 39.8 Å². The van der Waals surface area contributed by atoms with Gasteiger partial charge in [-0.3, -0.25) is 4.68 Å². The van der Waals surface area contributed by atoms with Crippen LogP contribution in [0.25, 0.3) is 22.4 Å². The molecule has 0 aliphatic rings. The minimum absolute atomic E-state index is 0.0618. The lowest BCUT2D eigenvalue weighted by atomic mass is 10.3. The predicted octanol–water partition coefficient (Wildman–Crippen LogP) is 2.13. The van der Waals surface area contributed by atoms with Gasteiger partial charge in [-0.05, 0) is 18.2 Å². The van der Waals surface area contributed by atoms with E-state index in [9.17, 15) is 8.42 Å². The lowest BCUT2D eigenvalue weighted by Crippen LogP contribution is -2.11. The molecule has 0 saturated carbocycles. The minimum Gasteiger partial charge on any atom is -0.327 e. The summed E-state index contributed by atoms with van der Waals surface area (Å²) in [5.41, 5.74) is 2.63. The zero-order valence-corrected chi connectivity index (χ0v) is 13.8. The molecule has 22 heavy (non-hydrogen) atoms. The first-order chi connectivity index (χ1) is 10.3. The Labute approximate surface area is 133 Å². The monoisotopic (exact) mass is 338 g/mol. The van der Waals surface area contributed by atoms with E-state index in [1.54, 1.807) is 23.1 Å². The molecule has 116 valence electrons. The highest BCUT2D eigenvalue weighted by atomic mass is 35.5. The van der Waals surface area contributed by atoms with Crippen molar-refractivity contribution >= 4 is 32.5 Å². The third kappa shape index (κ3) is 3.00. The summed E-state index contributed by atoms with van der Waals surface area (Å²) in [6.45, 7) is 0.328. The van der Waals surface area contributed by atoms with Crippen LogP contribution in [0, 0.1) is 0 Å². The summed E-state index contributed by atoms with van der Waals surface area (Å²) < 4.78 is 26.0. The second-order valence-corrected chi connectivity index (χ2v) is 7.95. The average Bonchev–Trinajstić information content (AvgIpc) is 3.01. The van der Waals surface area contributed by atoms with Crippen LogP contribution >= 0.6 is 11.6 Å². The molecule has 2 heterocycles. The van der Waals surface area contributed by atoms with Crippen LogP contribution in [0.5, 0.6) is 0 Å². The van der Waals surface area contributed by atoms with E-state index in [-0.39, 0.29) is 5.75 Å². The highest BCUT2D eigenvalue weighted by molar-refractivity contribution is 7.90. The fraction of sp³-hybridized carbons (Fsp3) is 0.286. The summed E-state index contributed by atoms with van der Waals surface area (Å²) in [4.78, 5) is 4.58. The maximum atomic E-state index is 11.2. The van der Waals surface area contributed by atoms with E-state index in [0.29, 0.717) is 11.6 Å². The highest BCUT2D eigenvalue weighted by Gasteiger charge is 2.12. The molecule has 0 spiro atoms. The number of rotatable bonds is 4. The molecule has 0 aliphatic carbocycles. The molecule has 0 aliphatic heterocycles. The summed E-state index contributed by atoms with van der Waals surface area (Å²) in [5.74, 6) is 0.828. The Morgan fingerprint density at radius 1 is 1.32 bits per heavy atom. The molecule has 0 saturated heterocycles. The van der Waals surface area contributed by atoms with Gasteiger partial charge in [-0.2, -0.15) is 5.10 Å². The zero-order valence-electron chi connectivity index (χ0n) is 12.2. The minimum atomic E-state index is -3.01. The van der Waals surface area contributed by atoms with E-state index in [0.717, 1.165) is 22.4 Å².